The summed E-state index contributed by atoms with van der Waals surface area (Å²) in [6.07, 6.45) is -5.02. The van der Waals surface area contributed by atoms with Crippen LogP contribution in [0.25, 0.3) is 0 Å². The van der Waals surface area contributed by atoms with E-state index in [1.807, 2.05) is 0 Å². The highest BCUT2D eigenvalue weighted by molar-refractivity contribution is 7.12. The summed E-state index contributed by atoms with van der Waals surface area (Å²) in [6, 6.07) is 1.11. The third-order valence-corrected chi connectivity index (χ3v) is 1.92. The van der Waals surface area contributed by atoms with Gasteiger partial charge >= 0.3 is 12.3 Å². The van der Waals surface area contributed by atoms with Crippen LogP contribution in [0.3, 0.4) is 0 Å². The zero-order valence-electron chi connectivity index (χ0n) is 5.96. The van der Waals surface area contributed by atoms with Gasteiger partial charge in [-0.05, 0) is 11.4 Å². The third kappa shape index (κ3) is 2.62. The van der Waals surface area contributed by atoms with E-state index in [-0.39, 0.29) is 0 Å². The van der Waals surface area contributed by atoms with Crippen molar-refractivity contribution in [2.45, 2.75) is 6.36 Å². The van der Waals surface area contributed by atoms with Crippen LogP contribution in [0.4, 0.5) is 13.2 Å². The summed E-state index contributed by atoms with van der Waals surface area (Å²) >= 11 is 0.674. The number of carbonyl (C=O) groups excluding carboxylic acids is 1. The molecule has 0 spiro atoms. The van der Waals surface area contributed by atoms with Crippen LogP contribution in [-0.2, 0) is 4.74 Å². The predicted molar refractivity (Wildman–Crippen MR) is 37.5 cm³/mol. The molecule has 72 valence electrons. The van der Waals surface area contributed by atoms with E-state index in [2.05, 4.69) is 4.74 Å². The van der Waals surface area contributed by atoms with Crippen molar-refractivity contribution in [3.63, 3.8) is 0 Å². The van der Waals surface area contributed by atoms with Gasteiger partial charge in [-0.15, -0.1) is 24.5 Å². The monoisotopic (exact) mass is 212 g/mol. The summed E-state index contributed by atoms with van der Waals surface area (Å²) in [4.78, 5) is 10.2. The topological polar surface area (TPSA) is 46.5 Å². The zero-order valence-corrected chi connectivity index (χ0v) is 6.78. The van der Waals surface area contributed by atoms with Crippen molar-refractivity contribution in [2.75, 3.05) is 0 Å². The van der Waals surface area contributed by atoms with Gasteiger partial charge in [0.2, 0.25) is 0 Å². The standard InChI is InChI=1S/C6H3F3O3S/c7-6(8,9)12-5(11)4-3(10)1-2-13-4/h1-2,10H. The van der Waals surface area contributed by atoms with E-state index in [9.17, 15) is 18.0 Å². The summed E-state index contributed by atoms with van der Waals surface area (Å²) in [5.74, 6) is -2.11. The number of ether oxygens (including phenoxy) is 1. The highest BCUT2D eigenvalue weighted by Crippen LogP contribution is 2.27. The first-order chi connectivity index (χ1) is 5.90. The SMILES string of the molecule is O=C(OC(F)(F)F)c1sccc1O. The molecule has 0 radical (unpaired) electrons. The molecular formula is C6H3F3O3S. The highest BCUT2D eigenvalue weighted by atomic mass is 32.1. The van der Waals surface area contributed by atoms with E-state index >= 15 is 0 Å². The minimum atomic E-state index is -5.02. The first kappa shape index (κ1) is 9.85. The predicted octanol–water partition coefficient (Wildman–Crippen LogP) is 2.13. The second-order valence-electron chi connectivity index (χ2n) is 1.97. The van der Waals surface area contributed by atoms with Gasteiger partial charge < -0.3 is 9.84 Å². The second-order valence-corrected chi connectivity index (χ2v) is 2.89. The molecule has 3 nitrogen and oxygen atoms in total. The Hall–Kier alpha value is -1.24. The maximum atomic E-state index is 11.5. The lowest BCUT2D eigenvalue weighted by atomic mass is 10.4. The van der Waals surface area contributed by atoms with Gasteiger partial charge in [0.15, 0.2) is 4.88 Å². The van der Waals surface area contributed by atoms with Crippen molar-refractivity contribution in [1.82, 2.24) is 0 Å². The van der Waals surface area contributed by atoms with Crippen molar-refractivity contribution >= 4 is 17.3 Å². The Balaban J connectivity index is 2.76. The molecule has 0 fully saturated rings. The van der Waals surface area contributed by atoms with Crippen LogP contribution in [0.15, 0.2) is 11.4 Å². The minimum absolute atomic E-state index is 0.461. The Morgan fingerprint density at radius 1 is 1.54 bits per heavy atom. The molecule has 0 saturated carbocycles. The van der Waals surface area contributed by atoms with Crippen molar-refractivity contribution < 1.29 is 27.8 Å². The average Bonchev–Trinajstić information content (AvgIpc) is 2.30. The molecule has 1 N–H and O–H groups in total. The molecule has 0 aliphatic rings. The van der Waals surface area contributed by atoms with Crippen LogP contribution in [-0.4, -0.2) is 17.4 Å². The molecule has 0 aromatic carbocycles. The molecule has 1 aromatic rings. The van der Waals surface area contributed by atoms with Crippen molar-refractivity contribution in [3.8, 4) is 5.75 Å². The lowest BCUT2D eigenvalue weighted by Gasteiger charge is -2.05. The number of esters is 1. The van der Waals surface area contributed by atoms with Crippen LogP contribution in [0.2, 0.25) is 0 Å². The fourth-order valence-electron chi connectivity index (χ4n) is 0.607. The van der Waals surface area contributed by atoms with E-state index in [0.29, 0.717) is 11.3 Å². The lowest BCUT2D eigenvalue weighted by Crippen LogP contribution is -2.18. The zero-order chi connectivity index (χ0) is 10.1. The smallest absolute Gasteiger partial charge is 0.506 e. The largest absolute Gasteiger partial charge is 0.575 e. The summed E-state index contributed by atoms with van der Waals surface area (Å²) in [6.45, 7) is 0. The number of carbonyl (C=O) groups is 1. The summed E-state index contributed by atoms with van der Waals surface area (Å²) in [7, 11) is 0. The lowest BCUT2D eigenvalue weighted by molar-refractivity contribution is -0.291. The Morgan fingerprint density at radius 2 is 2.15 bits per heavy atom. The Kier molecular flexibility index (Phi) is 2.46. The van der Waals surface area contributed by atoms with Gasteiger partial charge in [0, 0.05) is 0 Å². The molecule has 1 aromatic heterocycles. The van der Waals surface area contributed by atoms with Gasteiger partial charge in [-0.3, -0.25) is 0 Å². The molecule has 1 heterocycles. The van der Waals surface area contributed by atoms with Gasteiger partial charge in [-0.1, -0.05) is 0 Å². The number of halogens is 3. The number of hydrogen-bond acceptors (Lipinski definition) is 4. The molecule has 0 amide bonds. The van der Waals surface area contributed by atoms with Crippen LogP contribution in [0.5, 0.6) is 5.75 Å². The van der Waals surface area contributed by atoms with E-state index < -0.39 is 23.0 Å². The highest BCUT2D eigenvalue weighted by Gasteiger charge is 2.35. The summed E-state index contributed by atoms with van der Waals surface area (Å²) < 4.78 is 37.6. The van der Waals surface area contributed by atoms with Crippen molar-refractivity contribution in [3.05, 3.63) is 16.3 Å². The number of aromatic hydroxyl groups is 1. The van der Waals surface area contributed by atoms with Crippen LogP contribution in [0, 0.1) is 0 Å². The quantitative estimate of drug-likeness (QED) is 0.725. The van der Waals surface area contributed by atoms with E-state index in [4.69, 9.17) is 5.11 Å². The fraction of sp³-hybridized carbons (Fsp3) is 0.167. The van der Waals surface area contributed by atoms with Crippen LogP contribution < -0.4 is 0 Å². The molecular weight excluding hydrogens is 209 g/mol. The summed E-state index contributed by atoms with van der Waals surface area (Å²) in [5, 5.41) is 10.1. The maximum Gasteiger partial charge on any atom is 0.575 e. The second kappa shape index (κ2) is 3.25. The van der Waals surface area contributed by atoms with Crippen LogP contribution >= 0.6 is 11.3 Å². The molecule has 0 aliphatic carbocycles. The Labute approximate surface area is 74.4 Å². The van der Waals surface area contributed by atoms with Gasteiger partial charge in [0.05, 0.1) is 0 Å². The van der Waals surface area contributed by atoms with E-state index in [1.54, 1.807) is 0 Å². The fourth-order valence-corrected chi connectivity index (χ4v) is 1.27. The number of hydrogen-bond donors (Lipinski definition) is 1. The normalized spacial score (nSPS) is 11.3. The van der Waals surface area contributed by atoms with Gasteiger partial charge in [0.1, 0.15) is 5.75 Å². The van der Waals surface area contributed by atoms with Gasteiger partial charge in [0.25, 0.3) is 0 Å². The molecule has 0 atom stereocenters. The van der Waals surface area contributed by atoms with Crippen molar-refractivity contribution in [1.29, 1.82) is 0 Å². The Morgan fingerprint density at radius 3 is 2.54 bits per heavy atom. The van der Waals surface area contributed by atoms with Crippen LogP contribution in [0.1, 0.15) is 9.67 Å². The van der Waals surface area contributed by atoms with Gasteiger partial charge in [-0.25, -0.2) is 4.79 Å². The number of rotatable bonds is 1. The van der Waals surface area contributed by atoms with Gasteiger partial charge in [-0.2, -0.15) is 0 Å². The first-order valence-corrected chi connectivity index (χ1v) is 3.84. The molecule has 1 rings (SSSR count). The molecule has 0 bridgehead atoms. The van der Waals surface area contributed by atoms with E-state index in [0.717, 1.165) is 6.07 Å². The number of alkyl halides is 3. The first-order valence-electron chi connectivity index (χ1n) is 2.96. The molecule has 0 saturated heterocycles. The molecule has 0 unspecified atom stereocenters. The number of thiophene rings is 1. The minimum Gasteiger partial charge on any atom is -0.506 e. The third-order valence-electron chi connectivity index (χ3n) is 1.04. The summed E-state index contributed by atoms with van der Waals surface area (Å²) in [5.41, 5.74) is 0. The maximum absolute atomic E-state index is 11.5. The molecule has 7 heteroatoms. The van der Waals surface area contributed by atoms with Crippen molar-refractivity contribution in [2.24, 2.45) is 0 Å². The molecule has 0 aliphatic heterocycles. The Bertz CT molecular complexity index is 317. The average molecular weight is 212 g/mol. The molecule has 13 heavy (non-hydrogen) atoms. The van der Waals surface area contributed by atoms with E-state index in [1.165, 1.54) is 5.38 Å².